The van der Waals surface area contributed by atoms with Gasteiger partial charge in [-0.1, -0.05) is 62.4 Å². The lowest BCUT2D eigenvalue weighted by molar-refractivity contribution is 0.0993. The van der Waals surface area contributed by atoms with Crippen LogP contribution in [0.1, 0.15) is 40.9 Å². The van der Waals surface area contributed by atoms with Crippen molar-refractivity contribution in [2.24, 2.45) is 0 Å². The van der Waals surface area contributed by atoms with Crippen LogP contribution < -0.4 is 0 Å². The summed E-state index contributed by atoms with van der Waals surface area (Å²) in [6.07, 6.45) is 2.52. The van der Waals surface area contributed by atoms with Crippen LogP contribution in [0.2, 0.25) is 0 Å². The maximum Gasteiger partial charge on any atom is 0.167 e. The summed E-state index contributed by atoms with van der Waals surface area (Å²) >= 11 is 0. The number of carbonyl (C=O) groups excluding carboxylic acids is 1. The normalized spacial score (nSPS) is 10.4. The molecule has 0 radical (unpaired) electrons. The average molecular weight is 252 g/mol. The molecule has 98 valence electrons. The number of Topliss-reactive ketones (excluding diaryl/α,β-unsaturated/α-hetero) is 1. The molecule has 0 saturated carbocycles. The summed E-state index contributed by atoms with van der Waals surface area (Å²) in [7, 11) is 0. The molecule has 1 nitrogen and oxygen atoms in total. The second-order valence-electron chi connectivity index (χ2n) is 4.82. The Hall–Kier alpha value is -1.89. The molecule has 0 bridgehead atoms. The molecule has 0 heterocycles. The van der Waals surface area contributed by atoms with Crippen LogP contribution in [0.3, 0.4) is 0 Å². The highest BCUT2D eigenvalue weighted by Gasteiger charge is 2.06. The highest BCUT2D eigenvalue weighted by molar-refractivity contribution is 5.97. The lowest BCUT2D eigenvalue weighted by Gasteiger charge is -2.04. The minimum absolute atomic E-state index is 0.187. The lowest BCUT2D eigenvalue weighted by atomic mass is 10.0. The molecule has 0 fully saturated rings. The Labute approximate surface area is 115 Å². The van der Waals surface area contributed by atoms with Crippen molar-refractivity contribution < 1.29 is 4.79 Å². The van der Waals surface area contributed by atoms with Crippen LogP contribution in [-0.4, -0.2) is 5.78 Å². The Morgan fingerprint density at radius 3 is 1.63 bits per heavy atom. The third-order valence-corrected chi connectivity index (χ3v) is 3.48. The molecule has 0 aliphatic heterocycles. The Kier molecular flexibility index (Phi) is 4.51. The van der Waals surface area contributed by atoms with Crippen LogP contribution in [0.25, 0.3) is 0 Å². The number of carbonyl (C=O) groups is 1. The van der Waals surface area contributed by atoms with Gasteiger partial charge in [0.25, 0.3) is 0 Å². The molecular weight excluding hydrogens is 232 g/mol. The maximum absolute atomic E-state index is 12.2. The van der Waals surface area contributed by atoms with Gasteiger partial charge in [-0.05, 0) is 29.5 Å². The summed E-state index contributed by atoms with van der Waals surface area (Å²) in [6, 6.07) is 16.2. The van der Waals surface area contributed by atoms with Crippen molar-refractivity contribution in [1.82, 2.24) is 0 Å². The molecule has 2 aromatic rings. The van der Waals surface area contributed by atoms with Gasteiger partial charge in [0, 0.05) is 12.0 Å². The van der Waals surface area contributed by atoms with E-state index in [-0.39, 0.29) is 5.78 Å². The first-order valence-electron chi connectivity index (χ1n) is 6.93. The monoisotopic (exact) mass is 252 g/mol. The van der Waals surface area contributed by atoms with Crippen LogP contribution in [0.4, 0.5) is 0 Å². The number of hydrogen-bond acceptors (Lipinski definition) is 1. The van der Waals surface area contributed by atoms with E-state index in [0.717, 1.165) is 24.0 Å². The van der Waals surface area contributed by atoms with Crippen molar-refractivity contribution in [3.63, 3.8) is 0 Å². The second kappa shape index (κ2) is 6.33. The van der Waals surface area contributed by atoms with E-state index < -0.39 is 0 Å². The van der Waals surface area contributed by atoms with E-state index in [1.54, 1.807) is 0 Å². The minimum Gasteiger partial charge on any atom is -0.294 e. The molecule has 0 N–H and O–H groups in total. The van der Waals surface area contributed by atoms with Crippen molar-refractivity contribution in [3.05, 3.63) is 70.8 Å². The van der Waals surface area contributed by atoms with Gasteiger partial charge in [0.15, 0.2) is 5.78 Å². The fourth-order valence-corrected chi connectivity index (χ4v) is 2.11. The summed E-state index contributed by atoms with van der Waals surface area (Å²) < 4.78 is 0. The first kappa shape index (κ1) is 13.5. The fourth-order valence-electron chi connectivity index (χ4n) is 2.11. The first-order valence-corrected chi connectivity index (χ1v) is 6.93. The number of aryl methyl sites for hydroxylation is 2. The van der Waals surface area contributed by atoms with Gasteiger partial charge in [0.05, 0.1) is 0 Å². The van der Waals surface area contributed by atoms with E-state index in [2.05, 4.69) is 38.1 Å². The van der Waals surface area contributed by atoms with E-state index in [1.165, 1.54) is 11.1 Å². The Bertz CT molecular complexity index is 535. The topological polar surface area (TPSA) is 17.1 Å². The lowest BCUT2D eigenvalue weighted by Crippen LogP contribution is -2.03. The smallest absolute Gasteiger partial charge is 0.167 e. The zero-order valence-corrected chi connectivity index (χ0v) is 11.6. The first-order chi connectivity index (χ1) is 9.22. The number of rotatable bonds is 5. The van der Waals surface area contributed by atoms with Crippen LogP contribution in [0, 0.1) is 0 Å². The van der Waals surface area contributed by atoms with Gasteiger partial charge >= 0.3 is 0 Å². The molecular formula is C18H20O. The second-order valence-corrected chi connectivity index (χ2v) is 4.82. The highest BCUT2D eigenvalue weighted by atomic mass is 16.1. The van der Waals surface area contributed by atoms with Gasteiger partial charge in [-0.25, -0.2) is 0 Å². The number of benzene rings is 2. The van der Waals surface area contributed by atoms with Gasteiger partial charge in [-0.3, -0.25) is 4.79 Å². The third-order valence-electron chi connectivity index (χ3n) is 3.48. The standard InChI is InChI=1S/C18H20O/c1-3-14-5-7-16(8-6-14)13-18(19)17-11-9-15(4-2)10-12-17/h5-12H,3-4,13H2,1-2H3. The summed E-state index contributed by atoms with van der Waals surface area (Å²) in [5.41, 5.74) is 4.46. The van der Waals surface area contributed by atoms with Crippen molar-refractivity contribution in [3.8, 4) is 0 Å². The summed E-state index contributed by atoms with van der Waals surface area (Å²) in [6.45, 7) is 4.25. The van der Waals surface area contributed by atoms with Crippen LogP contribution in [-0.2, 0) is 19.3 Å². The molecule has 0 unspecified atom stereocenters. The molecule has 0 saturated heterocycles. The van der Waals surface area contributed by atoms with Gasteiger partial charge in [0.2, 0.25) is 0 Å². The largest absolute Gasteiger partial charge is 0.294 e. The number of hydrogen-bond donors (Lipinski definition) is 0. The molecule has 0 spiro atoms. The van der Waals surface area contributed by atoms with Gasteiger partial charge < -0.3 is 0 Å². The summed E-state index contributed by atoms with van der Waals surface area (Å²) in [5, 5.41) is 0. The zero-order chi connectivity index (χ0) is 13.7. The van der Waals surface area contributed by atoms with E-state index in [4.69, 9.17) is 0 Å². The van der Waals surface area contributed by atoms with Crippen LogP contribution >= 0.6 is 0 Å². The summed E-state index contributed by atoms with van der Waals surface area (Å²) in [5.74, 6) is 0.187. The minimum atomic E-state index is 0.187. The Morgan fingerprint density at radius 2 is 1.16 bits per heavy atom. The Morgan fingerprint density at radius 1 is 0.737 bits per heavy atom. The maximum atomic E-state index is 12.2. The predicted molar refractivity (Wildman–Crippen MR) is 79.7 cm³/mol. The third kappa shape index (κ3) is 3.54. The van der Waals surface area contributed by atoms with Crippen molar-refractivity contribution in [2.45, 2.75) is 33.1 Å². The molecule has 0 aliphatic rings. The van der Waals surface area contributed by atoms with Crippen molar-refractivity contribution >= 4 is 5.78 Å². The molecule has 0 atom stereocenters. The molecule has 0 aliphatic carbocycles. The van der Waals surface area contributed by atoms with Crippen molar-refractivity contribution in [2.75, 3.05) is 0 Å². The quantitative estimate of drug-likeness (QED) is 0.727. The van der Waals surface area contributed by atoms with E-state index in [0.29, 0.717) is 6.42 Å². The van der Waals surface area contributed by atoms with E-state index in [1.807, 2.05) is 24.3 Å². The molecule has 19 heavy (non-hydrogen) atoms. The van der Waals surface area contributed by atoms with Gasteiger partial charge in [-0.15, -0.1) is 0 Å². The van der Waals surface area contributed by atoms with Crippen LogP contribution in [0.15, 0.2) is 48.5 Å². The highest BCUT2D eigenvalue weighted by Crippen LogP contribution is 2.11. The SMILES string of the molecule is CCc1ccc(CC(=O)c2ccc(CC)cc2)cc1. The van der Waals surface area contributed by atoms with Crippen LogP contribution in [0.5, 0.6) is 0 Å². The van der Waals surface area contributed by atoms with Gasteiger partial charge in [-0.2, -0.15) is 0 Å². The number of ketones is 1. The Balaban J connectivity index is 2.06. The van der Waals surface area contributed by atoms with Gasteiger partial charge in [0.1, 0.15) is 0 Å². The molecule has 0 aromatic heterocycles. The van der Waals surface area contributed by atoms with Crippen molar-refractivity contribution in [1.29, 1.82) is 0 Å². The molecule has 0 amide bonds. The zero-order valence-electron chi connectivity index (χ0n) is 11.6. The molecule has 2 aromatic carbocycles. The predicted octanol–water partition coefficient (Wildman–Crippen LogP) is 4.24. The van der Waals surface area contributed by atoms with E-state index in [9.17, 15) is 4.79 Å². The molecule has 1 heteroatoms. The molecule has 2 rings (SSSR count). The fraction of sp³-hybridized carbons (Fsp3) is 0.278. The summed E-state index contributed by atoms with van der Waals surface area (Å²) in [4.78, 5) is 12.2. The van der Waals surface area contributed by atoms with E-state index >= 15 is 0 Å². The average Bonchev–Trinajstić information content (AvgIpc) is 2.48.